The largest absolute Gasteiger partial charge is 0.493 e. The maximum atomic E-state index is 12.2. The van der Waals surface area contributed by atoms with Gasteiger partial charge in [0.2, 0.25) is 11.8 Å². The van der Waals surface area contributed by atoms with Crippen molar-refractivity contribution in [2.45, 2.75) is 39.0 Å². The van der Waals surface area contributed by atoms with Gasteiger partial charge in [0.1, 0.15) is 0 Å². The lowest BCUT2D eigenvalue weighted by atomic mass is 10.1. The SMILES string of the molecule is CCCc1noc(CCCC(=O)Nc2cc(C(=O)O)cc(OC)c2OC)n1. The van der Waals surface area contributed by atoms with Gasteiger partial charge in [-0.05, 0) is 25.0 Å². The van der Waals surface area contributed by atoms with Crippen LogP contribution in [0.3, 0.4) is 0 Å². The van der Waals surface area contributed by atoms with Gasteiger partial charge in [0.25, 0.3) is 0 Å². The van der Waals surface area contributed by atoms with Crippen molar-refractivity contribution in [1.29, 1.82) is 0 Å². The number of carboxylic acids is 1. The number of nitrogens with one attached hydrogen (secondary N) is 1. The number of benzene rings is 1. The van der Waals surface area contributed by atoms with Crippen LogP contribution in [-0.4, -0.2) is 41.3 Å². The number of aryl methyl sites for hydroxylation is 2. The highest BCUT2D eigenvalue weighted by molar-refractivity contribution is 5.96. The maximum absolute atomic E-state index is 12.2. The number of ether oxygens (including phenoxy) is 2. The molecule has 0 atom stereocenters. The Morgan fingerprint density at radius 2 is 2.00 bits per heavy atom. The second-order valence-corrected chi connectivity index (χ2v) is 5.82. The molecule has 9 heteroatoms. The van der Waals surface area contributed by atoms with Gasteiger partial charge in [-0.15, -0.1) is 0 Å². The predicted octanol–water partition coefficient (Wildman–Crippen LogP) is 2.70. The fraction of sp³-hybridized carbons (Fsp3) is 0.444. The molecule has 1 amide bonds. The third-order valence-corrected chi connectivity index (χ3v) is 3.78. The van der Waals surface area contributed by atoms with Gasteiger partial charge in [0.15, 0.2) is 17.3 Å². The Kier molecular flexibility index (Phi) is 7.16. The smallest absolute Gasteiger partial charge is 0.335 e. The van der Waals surface area contributed by atoms with Crippen LogP contribution in [0.5, 0.6) is 11.5 Å². The number of carbonyl (C=O) groups excluding carboxylic acids is 1. The molecule has 0 saturated carbocycles. The van der Waals surface area contributed by atoms with Crippen LogP contribution in [0.2, 0.25) is 0 Å². The van der Waals surface area contributed by atoms with Crippen LogP contribution in [0.4, 0.5) is 5.69 Å². The van der Waals surface area contributed by atoms with Crippen molar-refractivity contribution in [1.82, 2.24) is 10.1 Å². The second-order valence-electron chi connectivity index (χ2n) is 5.82. The molecule has 1 aromatic heterocycles. The molecule has 9 nitrogen and oxygen atoms in total. The summed E-state index contributed by atoms with van der Waals surface area (Å²) < 4.78 is 15.5. The van der Waals surface area contributed by atoms with Crippen LogP contribution in [0.15, 0.2) is 16.7 Å². The molecule has 0 radical (unpaired) electrons. The predicted molar refractivity (Wildman–Crippen MR) is 96.4 cm³/mol. The first-order valence-electron chi connectivity index (χ1n) is 8.59. The normalized spacial score (nSPS) is 10.5. The van der Waals surface area contributed by atoms with Crippen LogP contribution in [0.1, 0.15) is 48.3 Å². The molecule has 0 aliphatic rings. The Morgan fingerprint density at radius 3 is 2.63 bits per heavy atom. The topological polar surface area (TPSA) is 124 Å². The van der Waals surface area contributed by atoms with Gasteiger partial charge in [-0.2, -0.15) is 4.98 Å². The summed E-state index contributed by atoms with van der Waals surface area (Å²) in [7, 11) is 2.81. The summed E-state index contributed by atoms with van der Waals surface area (Å²) in [6.07, 6.45) is 2.89. The Labute approximate surface area is 156 Å². The monoisotopic (exact) mass is 377 g/mol. The first-order valence-corrected chi connectivity index (χ1v) is 8.59. The number of carbonyl (C=O) groups is 2. The number of aromatic carboxylic acids is 1. The summed E-state index contributed by atoms with van der Waals surface area (Å²) in [4.78, 5) is 27.7. The fourth-order valence-corrected chi connectivity index (χ4v) is 2.51. The zero-order valence-corrected chi connectivity index (χ0v) is 15.6. The Hall–Kier alpha value is -3.10. The molecule has 0 aliphatic carbocycles. The molecular weight excluding hydrogens is 354 g/mol. The minimum Gasteiger partial charge on any atom is -0.493 e. The number of carboxylic acid groups (broad SMARTS) is 1. The van der Waals surface area contributed by atoms with E-state index in [1.165, 1.54) is 26.4 Å². The Morgan fingerprint density at radius 1 is 1.22 bits per heavy atom. The highest BCUT2D eigenvalue weighted by Crippen LogP contribution is 2.36. The van der Waals surface area contributed by atoms with Gasteiger partial charge in [-0.3, -0.25) is 4.79 Å². The van der Waals surface area contributed by atoms with Crippen LogP contribution < -0.4 is 14.8 Å². The van der Waals surface area contributed by atoms with Crippen LogP contribution >= 0.6 is 0 Å². The van der Waals surface area contributed by atoms with E-state index in [2.05, 4.69) is 15.5 Å². The lowest BCUT2D eigenvalue weighted by molar-refractivity contribution is -0.116. The molecule has 0 aliphatic heterocycles. The molecule has 2 N–H and O–H groups in total. The van der Waals surface area contributed by atoms with Crippen molar-refractivity contribution in [3.8, 4) is 11.5 Å². The van der Waals surface area contributed by atoms with Crippen molar-refractivity contribution in [2.24, 2.45) is 0 Å². The van der Waals surface area contributed by atoms with Crippen LogP contribution in [0, 0.1) is 0 Å². The molecular formula is C18H23N3O6. The standard InChI is InChI=1S/C18H23N3O6/c1-4-6-14-20-16(27-21-14)8-5-7-15(22)19-12-9-11(18(23)24)10-13(25-2)17(12)26-3/h9-10H,4-8H2,1-3H3,(H,19,22)(H,23,24). The van der Waals surface area contributed by atoms with Crippen molar-refractivity contribution in [2.75, 3.05) is 19.5 Å². The van der Waals surface area contributed by atoms with Crippen molar-refractivity contribution in [3.05, 3.63) is 29.4 Å². The van der Waals surface area contributed by atoms with E-state index < -0.39 is 5.97 Å². The molecule has 0 spiro atoms. The Bertz CT molecular complexity index is 802. The molecule has 0 fully saturated rings. The lowest BCUT2D eigenvalue weighted by Crippen LogP contribution is -2.13. The molecule has 27 heavy (non-hydrogen) atoms. The lowest BCUT2D eigenvalue weighted by Gasteiger charge is -2.14. The average molecular weight is 377 g/mol. The van der Waals surface area contributed by atoms with E-state index in [9.17, 15) is 14.7 Å². The van der Waals surface area contributed by atoms with Gasteiger partial charge in [-0.25, -0.2) is 4.79 Å². The van der Waals surface area contributed by atoms with Gasteiger partial charge in [-0.1, -0.05) is 12.1 Å². The third kappa shape index (κ3) is 5.44. The number of nitrogens with zero attached hydrogens (tertiary/aromatic N) is 2. The van der Waals surface area contributed by atoms with E-state index >= 15 is 0 Å². The number of methoxy groups -OCH3 is 2. The van der Waals surface area contributed by atoms with Crippen molar-refractivity contribution in [3.63, 3.8) is 0 Å². The number of aromatic nitrogens is 2. The molecule has 1 aromatic carbocycles. The molecule has 0 saturated heterocycles. The summed E-state index contributed by atoms with van der Waals surface area (Å²) in [6, 6.07) is 2.66. The zero-order valence-electron chi connectivity index (χ0n) is 15.6. The molecule has 0 bridgehead atoms. The molecule has 1 heterocycles. The first kappa shape index (κ1) is 20.2. The Balaban J connectivity index is 1.99. The van der Waals surface area contributed by atoms with E-state index in [0.717, 1.165) is 12.8 Å². The number of anilines is 1. The highest BCUT2D eigenvalue weighted by atomic mass is 16.5. The van der Waals surface area contributed by atoms with E-state index in [0.29, 0.717) is 24.6 Å². The zero-order chi connectivity index (χ0) is 19.8. The van der Waals surface area contributed by atoms with Crippen molar-refractivity contribution >= 4 is 17.6 Å². The number of amides is 1. The molecule has 146 valence electrons. The van der Waals surface area contributed by atoms with E-state index in [1.807, 2.05) is 6.92 Å². The van der Waals surface area contributed by atoms with Gasteiger partial charge < -0.3 is 24.4 Å². The molecule has 2 rings (SSSR count). The van der Waals surface area contributed by atoms with Gasteiger partial charge >= 0.3 is 5.97 Å². The third-order valence-electron chi connectivity index (χ3n) is 3.78. The first-order chi connectivity index (χ1) is 13.0. The number of rotatable bonds is 10. The van der Waals surface area contributed by atoms with E-state index in [4.69, 9.17) is 14.0 Å². The molecule has 0 unspecified atom stereocenters. The summed E-state index contributed by atoms with van der Waals surface area (Å²) in [5, 5.41) is 15.7. The van der Waals surface area contributed by atoms with Crippen molar-refractivity contribution < 1.29 is 28.7 Å². The molecule has 2 aromatic rings. The maximum Gasteiger partial charge on any atom is 0.335 e. The van der Waals surface area contributed by atoms with Gasteiger partial charge in [0.05, 0.1) is 25.5 Å². The van der Waals surface area contributed by atoms with Crippen LogP contribution in [-0.2, 0) is 17.6 Å². The minimum atomic E-state index is -1.13. The van der Waals surface area contributed by atoms with Crippen LogP contribution in [0.25, 0.3) is 0 Å². The minimum absolute atomic E-state index is 0.0164. The second kappa shape index (κ2) is 9.56. The number of hydrogen-bond donors (Lipinski definition) is 2. The quantitative estimate of drug-likeness (QED) is 0.648. The summed E-state index contributed by atoms with van der Waals surface area (Å²) >= 11 is 0. The summed E-state index contributed by atoms with van der Waals surface area (Å²) in [5.74, 6) is 0.230. The van der Waals surface area contributed by atoms with E-state index in [1.54, 1.807) is 0 Å². The average Bonchev–Trinajstić information content (AvgIpc) is 3.08. The number of hydrogen-bond acceptors (Lipinski definition) is 7. The van der Waals surface area contributed by atoms with E-state index in [-0.39, 0.29) is 35.1 Å². The summed E-state index contributed by atoms with van der Waals surface area (Å²) in [5.41, 5.74) is 0.222. The fourth-order valence-electron chi connectivity index (χ4n) is 2.51. The highest BCUT2D eigenvalue weighted by Gasteiger charge is 2.17. The van der Waals surface area contributed by atoms with Gasteiger partial charge in [0, 0.05) is 19.3 Å². The summed E-state index contributed by atoms with van der Waals surface area (Å²) in [6.45, 7) is 2.03.